The summed E-state index contributed by atoms with van der Waals surface area (Å²) >= 11 is 0. The first-order valence-corrected chi connectivity index (χ1v) is 11.7. The van der Waals surface area contributed by atoms with Gasteiger partial charge in [-0.25, -0.2) is 13.9 Å². The summed E-state index contributed by atoms with van der Waals surface area (Å²) in [5.41, 5.74) is 3.47. The van der Waals surface area contributed by atoms with Crippen molar-refractivity contribution in [2.24, 2.45) is 5.92 Å². The Bertz CT molecular complexity index is 1440. The lowest BCUT2D eigenvalue weighted by atomic mass is 10.0. The molecule has 180 valence electrons. The van der Waals surface area contributed by atoms with Gasteiger partial charge in [0.25, 0.3) is 5.91 Å². The predicted octanol–water partition coefficient (Wildman–Crippen LogP) is 6.03. The molecule has 0 bridgehead atoms. The second kappa shape index (κ2) is 10.1. The maximum Gasteiger partial charge on any atom is 0.274 e. The van der Waals surface area contributed by atoms with Gasteiger partial charge < -0.3 is 10.1 Å². The minimum absolute atomic E-state index is 0.0433. The van der Waals surface area contributed by atoms with Gasteiger partial charge in [-0.05, 0) is 67.6 Å². The topological polar surface area (TPSA) is 73.4 Å². The van der Waals surface area contributed by atoms with Crippen molar-refractivity contribution in [3.05, 3.63) is 113 Å². The van der Waals surface area contributed by atoms with Crippen molar-refractivity contribution in [3.8, 4) is 5.69 Å². The van der Waals surface area contributed by atoms with E-state index >= 15 is 0 Å². The Kier molecular flexibility index (Phi) is 6.56. The maximum absolute atomic E-state index is 14.8. The van der Waals surface area contributed by atoms with E-state index in [9.17, 15) is 9.18 Å². The van der Waals surface area contributed by atoms with Crippen LogP contribution in [-0.4, -0.2) is 27.3 Å². The average molecular weight is 482 g/mol. The van der Waals surface area contributed by atoms with Crippen LogP contribution >= 0.6 is 0 Å². The van der Waals surface area contributed by atoms with E-state index in [4.69, 9.17) is 11.3 Å². The SMILES string of the molecule is [C-]#[N+]c1cccc(-n2nc(C)cc2C(=O)Nc2cc(C(OCC3CC3)c3cccnc3)ccc2F)c1. The van der Waals surface area contributed by atoms with E-state index < -0.39 is 17.8 Å². The first-order valence-electron chi connectivity index (χ1n) is 11.7. The van der Waals surface area contributed by atoms with Crippen molar-refractivity contribution in [2.75, 3.05) is 11.9 Å². The van der Waals surface area contributed by atoms with Crippen molar-refractivity contribution in [2.45, 2.75) is 25.9 Å². The molecule has 0 aliphatic heterocycles. The largest absolute Gasteiger partial charge is 0.368 e. The monoisotopic (exact) mass is 481 g/mol. The number of hydrogen-bond acceptors (Lipinski definition) is 4. The van der Waals surface area contributed by atoms with Gasteiger partial charge in [0.05, 0.1) is 30.2 Å². The molecule has 1 aliphatic rings. The zero-order valence-corrected chi connectivity index (χ0v) is 19.7. The smallest absolute Gasteiger partial charge is 0.274 e. The van der Waals surface area contributed by atoms with E-state index in [1.165, 1.54) is 10.7 Å². The van der Waals surface area contributed by atoms with Gasteiger partial charge in [-0.2, -0.15) is 5.10 Å². The summed E-state index contributed by atoms with van der Waals surface area (Å²) in [5.74, 6) is -0.526. The summed E-state index contributed by atoms with van der Waals surface area (Å²) in [6, 6.07) is 16.8. The number of carbonyl (C=O) groups is 1. The number of rotatable bonds is 8. The number of hydrogen-bond donors (Lipinski definition) is 1. The number of ether oxygens (including phenoxy) is 1. The number of pyridine rings is 1. The van der Waals surface area contributed by atoms with Gasteiger partial charge in [0.1, 0.15) is 17.6 Å². The zero-order valence-electron chi connectivity index (χ0n) is 19.7. The standard InChI is InChI=1S/C28H24FN5O2/c1-18-13-26(34(33-18)23-7-3-6-22(15-23)30-2)28(35)32-25-14-20(10-11-24(25)29)27(36-17-19-8-9-19)21-5-4-12-31-16-21/h3-7,10-16,19,27H,8-9,17H2,1H3,(H,32,35). The molecule has 0 radical (unpaired) electrons. The zero-order chi connectivity index (χ0) is 25.1. The highest BCUT2D eigenvalue weighted by Gasteiger charge is 2.25. The van der Waals surface area contributed by atoms with Crippen LogP contribution < -0.4 is 5.32 Å². The number of anilines is 1. The Balaban J connectivity index is 1.44. The second-order valence-electron chi connectivity index (χ2n) is 8.85. The van der Waals surface area contributed by atoms with E-state index in [1.807, 2.05) is 12.1 Å². The van der Waals surface area contributed by atoms with E-state index in [0.717, 1.165) is 24.0 Å². The van der Waals surface area contributed by atoms with Crippen molar-refractivity contribution in [1.82, 2.24) is 14.8 Å². The van der Waals surface area contributed by atoms with Crippen LogP contribution in [-0.2, 0) is 4.74 Å². The van der Waals surface area contributed by atoms with Gasteiger partial charge in [-0.15, -0.1) is 0 Å². The predicted molar refractivity (Wildman–Crippen MR) is 134 cm³/mol. The van der Waals surface area contributed by atoms with Crippen LogP contribution in [0.5, 0.6) is 0 Å². The molecular formula is C28H24FN5O2. The number of nitrogens with zero attached hydrogens (tertiary/aromatic N) is 4. The lowest BCUT2D eigenvalue weighted by molar-refractivity contribution is 0.0716. The number of benzene rings is 2. The highest BCUT2D eigenvalue weighted by Crippen LogP contribution is 2.34. The highest BCUT2D eigenvalue weighted by molar-refractivity contribution is 6.03. The summed E-state index contributed by atoms with van der Waals surface area (Å²) in [4.78, 5) is 20.9. The number of halogens is 1. The lowest BCUT2D eigenvalue weighted by Gasteiger charge is -2.20. The van der Waals surface area contributed by atoms with Crippen LogP contribution in [0.25, 0.3) is 10.5 Å². The van der Waals surface area contributed by atoms with Crippen LogP contribution in [0.4, 0.5) is 15.8 Å². The van der Waals surface area contributed by atoms with Gasteiger partial charge in [0.2, 0.25) is 0 Å². The lowest BCUT2D eigenvalue weighted by Crippen LogP contribution is -2.18. The molecule has 8 heteroatoms. The van der Waals surface area contributed by atoms with Crippen LogP contribution in [0, 0.1) is 25.2 Å². The Labute approximate surface area is 208 Å². The molecule has 1 fully saturated rings. The summed E-state index contributed by atoms with van der Waals surface area (Å²) < 4.78 is 22.5. The quantitative estimate of drug-likeness (QED) is 0.312. The molecule has 0 spiro atoms. The van der Waals surface area contributed by atoms with Crippen LogP contribution in [0.1, 0.15) is 46.3 Å². The molecule has 1 amide bonds. The number of amides is 1. The number of aryl methyl sites for hydroxylation is 1. The molecular weight excluding hydrogens is 457 g/mol. The van der Waals surface area contributed by atoms with Gasteiger partial charge in [0, 0.05) is 18.0 Å². The second-order valence-corrected chi connectivity index (χ2v) is 8.85. The fourth-order valence-corrected chi connectivity index (χ4v) is 3.97. The van der Waals surface area contributed by atoms with E-state index in [0.29, 0.717) is 29.6 Å². The number of aromatic nitrogens is 3. The Morgan fingerprint density at radius 1 is 1.19 bits per heavy atom. The molecule has 4 aromatic rings. The molecule has 1 saturated carbocycles. The number of nitrogens with one attached hydrogen (secondary N) is 1. The third-order valence-electron chi connectivity index (χ3n) is 5.99. The Morgan fingerprint density at radius 3 is 2.81 bits per heavy atom. The van der Waals surface area contributed by atoms with Crippen molar-refractivity contribution < 1.29 is 13.9 Å². The van der Waals surface area contributed by atoms with Crippen molar-refractivity contribution >= 4 is 17.3 Å². The third kappa shape index (κ3) is 5.16. The summed E-state index contributed by atoms with van der Waals surface area (Å²) in [6.45, 7) is 9.63. The third-order valence-corrected chi connectivity index (χ3v) is 5.99. The molecule has 36 heavy (non-hydrogen) atoms. The molecule has 0 saturated heterocycles. The van der Waals surface area contributed by atoms with Crippen LogP contribution in [0.2, 0.25) is 0 Å². The minimum atomic E-state index is -0.558. The first-order chi connectivity index (χ1) is 17.5. The van der Waals surface area contributed by atoms with Crippen molar-refractivity contribution in [1.29, 1.82) is 0 Å². The minimum Gasteiger partial charge on any atom is -0.368 e. The molecule has 1 N–H and O–H groups in total. The fraction of sp³-hybridized carbons (Fsp3) is 0.214. The van der Waals surface area contributed by atoms with Gasteiger partial charge in [-0.3, -0.25) is 9.78 Å². The van der Waals surface area contributed by atoms with Gasteiger partial charge >= 0.3 is 0 Å². The number of carbonyl (C=O) groups excluding carboxylic acids is 1. The molecule has 7 nitrogen and oxygen atoms in total. The molecule has 1 atom stereocenters. The van der Waals surface area contributed by atoms with Crippen LogP contribution in [0.15, 0.2) is 73.1 Å². The van der Waals surface area contributed by atoms with Crippen molar-refractivity contribution in [3.63, 3.8) is 0 Å². The summed E-state index contributed by atoms with van der Waals surface area (Å²) in [5, 5.41) is 7.10. The Hall–Kier alpha value is -4.35. The van der Waals surface area contributed by atoms with E-state index in [1.54, 1.807) is 61.8 Å². The fourth-order valence-electron chi connectivity index (χ4n) is 3.97. The molecule has 2 aromatic heterocycles. The molecule has 1 aliphatic carbocycles. The first kappa shape index (κ1) is 23.4. The summed E-state index contributed by atoms with van der Waals surface area (Å²) in [6.07, 6.45) is 5.29. The maximum atomic E-state index is 14.8. The van der Waals surface area contributed by atoms with E-state index in [2.05, 4.69) is 20.2 Å². The molecule has 2 aromatic carbocycles. The molecule has 1 unspecified atom stereocenters. The Morgan fingerprint density at radius 2 is 2.06 bits per heavy atom. The molecule has 2 heterocycles. The van der Waals surface area contributed by atoms with Gasteiger partial charge in [-0.1, -0.05) is 24.3 Å². The van der Waals surface area contributed by atoms with E-state index in [-0.39, 0.29) is 11.4 Å². The normalized spacial score (nSPS) is 13.7. The molecule has 5 rings (SSSR count). The average Bonchev–Trinajstić information content (AvgIpc) is 3.65. The summed E-state index contributed by atoms with van der Waals surface area (Å²) in [7, 11) is 0. The van der Waals surface area contributed by atoms with Gasteiger partial charge in [0.15, 0.2) is 5.69 Å². The highest BCUT2D eigenvalue weighted by atomic mass is 19.1. The van der Waals surface area contributed by atoms with Crippen LogP contribution in [0.3, 0.4) is 0 Å².